The van der Waals surface area contributed by atoms with Gasteiger partial charge in [-0.1, -0.05) is 0 Å². The number of rotatable bonds is 5. The van der Waals surface area contributed by atoms with Gasteiger partial charge in [-0.3, -0.25) is 14.9 Å². The number of carbonyl (C=O) groups excluding carboxylic acids is 1. The van der Waals surface area contributed by atoms with Crippen LogP contribution in [0.2, 0.25) is 0 Å². The maximum Gasteiger partial charge on any atom is 0.305 e. The standard InChI is InChI=1S/C10H11F2N3O3/c1-5(10(13)16)14-4-6-2-9(15(17)18)8(12)3-7(6)11/h2-3,5,14H,4H2,1H3,(H2,13,16). The molecule has 0 heterocycles. The normalized spacial score (nSPS) is 12.2. The molecule has 0 spiro atoms. The fourth-order valence-electron chi connectivity index (χ4n) is 1.22. The van der Waals surface area contributed by atoms with Crippen molar-refractivity contribution in [3.05, 3.63) is 39.4 Å². The maximum absolute atomic E-state index is 13.3. The number of nitrogens with one attached hydrogen (secondary N) is 1. The third-order valence-corrected chi connectivity index (χ3v) is 2.34. The van der Waals surface area contributed by atoms with E-state index in [1.54, 1.807) is 0 Å². The SMILES string of the molecule is CC(NCc1cc([N+](=O)[O-])c(F)cc1F)C(N)=O. The van der Waals surface area contributed by atoms with E-state index in [0.717, 1.165) is 6.07 Å². The van der Waals surface area contributed by atoms with E-state index in [4.69, 9.17) is 5.73 Å². The highest BCUT2D eigenvalue weighted by Gasteiger charge is 2.19. The number of hydrogen-bond acceptors (Lipinski definition) is 4. The molecule has 0 fully saturated rings. The van der Waals surface area contributed by atoms with Gasteiger partial charge in [-0.05, 0) is 6.92 Å². The van der Waals surface area contributed by atoms with Gasteiger partial charge in [-0.25, -0.2) is 4.39 Å². The Labute approximate surface area is 101 Å². The number of carbonyl (C=O) groups is 1. The summed E-state index contributed by atoms with van der Waals surface area (Å²) >= 11 is 0. The number of nitrogens with two attached hydrogens (primary N) is 1. The summed E-state index contributed by atoms with van der Waals surface area (Å²) in [6.07, 6.45) is 0. The molecular weight excluding hydrogens is 248 g/mol. The van der Waals surface area contributed by atoms with Crippen LogP contribution in [0, 0.1) is 21.7 Å². The molecule has 18 heavy (non-hydrogen) atoms. The number of nitro benzene ring substituents is 1. The van der Waals surface area contributed by atoms with E-state index >= 15 is 0 Å². The summed E-state index contributed by atoms with van der Waals surface area (Å²) in [6, 6.07) is 0.489. The quantitative estimate of drug-likeness (QED) is 0.604. The largest absolute Gasteiger partial charge is 0.368 e. The van der Waals surface area contributed by atoms with Gasteiger partial charge in [-0.15, -0.1) is 0 Å². The van der Waals surface area contributed by atoms with E-state index in [9.17, 15) is 23.7 Å². The molecule has 1 atom stereocenters. The van der Waals surface area contributed by atoms with Crippen LogP contribution in [-0.2, 0) is 11.3 Å². The van der Waals surface area contributed by atoms with Crippen LogP contribution in [0.4, 0.5) is 14.5 Å². The van der Waals surface area contributed by atoms with Crippen LogP contribution in [0.15, 0.2) is 12.1 Å². The van der Waals surface area contributed by atoms with Gasteiger partial charge in [0.15, 0.2) is 0 Å². The molecule has 0 saturated heterocycles. The second-order valence-corrected chi connectivity index (χ2v) is 3.66. The fraction of sp³-hybridized carbons (Fsp3) is 0.300. The van der Waals surface area contributed by atoms with Crippen molar-refractivity contribution >= 4 is 11.6 Å². The Kier molecular flexibility index (Phi) is 4.27. The van der Waals surface area contributed by atoms with Crippen LogP contribution in [0.5, 0.6) is 0 Å². The number of hydrogen-bond donors (Lipinski definition) is 2. The summed E-state index contributed by atoms with van der Waals surface area (Å²) in [5.74, 6) is -2.82. The molecule has 6 nitrogen and oxygen atoms in total. The Morgan fingerprint density at radius 2 is 2.11 bits per heavy atom. The molecular formula is C10H11F2N3O3. The lowest BCUT2D eigenvalue weighted by atomic mass is 10.1. The fourth-order valence-corrected chi connectivity index (χ4v) is 1.22. The minimum absolute atomic E-state index is 0.115. The highest BCUT2D eigenvalue weighted by molar-refractivity contribution is 5.79. The molecule has 1 amide bonds. The van der Waals surface area contributed by atoms with Crippen molar-refractivity contribution in [1.82, 2.24) is 5.32 Å². The molecule has 98 valence electrons. The zero-order valence-corrected chi connectivity index (χ0v) is 9.44. The smallest absolute Gasteiger partial charge is 0.305 e. The predicted octanol–water partition coefficient (Wildman–Crippen LogP) is 0.836. The molecule has 0 aliphatic rings. The zero-order chi connectivity index (χ0) is 13.9. The Morgan fingerprint density at radius 3 is 2.61 bits per heavy atom. The highest BCUT2D eigenvalue weighted by atomic mass is 19.1. The first-order valence-electron chi connectivity index (χ1n) is 4.98. The van der Waals surface area contributed by atoms with Crippen LogP contribution >= 0.6 is 0 Å². The highest BCUT2D eigenvalue weighted by Crippen LogP contribution is 2.21. The minimum atomic E-state index is -1.25. The van der Waals surface area contributed by atoms with Gasteiger partial charge in [0, 0.05) is 24.2 Å². The molecule has 1 aromatic rings. The number of halogens is 2. The van der Waals surface area contributed by atoms with Crippen molar-refractivity contribution in [2.24, 2.45) is 5.73 Å². The van der Waals surface area contributed by atoms with Gasteiger partial charge in [0.05, 0.1) is 11.0 Å². The molecule has 1 aromatic carbocycles. The van der Waals surface area contributed by atoms with E-state index in [1.165, 1.54) is 6.92 Å². The molecule has 0 radical (unpaired) electrons. The molecule has 0 aliphatic carbocycles. The third kappa shape index (κ3) is 3.20. The first-order chi connectivity index (χ1) is 8.32. The maximum atomic E-state index is 13.3. The van der Waals surface area contributed by atoms with E-state index in [-0.39, 0.29) is 12.1 Å². The minimum Gasteiger partial charge on any atom is -0.368 e. The molecule has 1 unspecified atom stereocenters. The second kappa shape index (κ2) is 5.50. The topological polar surface area (TPSA) is 98.3 Å². The summed E-state index contributed by atoms with van der Waals surface area (Å²) in [6.45, 7) is 1.29. The van der Waals surface area contributed by atoms with Crippen LogP contribution in [0.25, 0.3) is 0 Å². The third-order valence-electron chi connectivity index (χ3n) is 2.34. The van der Waals surface area contributed by atoms with E-state index in [1.807, 2.05) is 0 Å². The van der Waals surface area contributed by atoms with Crippen LogP contribution < -0.4 is 11.1 Å². The average molecular weight is 259 g/mol. The van der Waals surface area contributed by atoms with Crippen molar-refractivity contribution in [2.75, 3.05) is 0 Å². The van der Waals surface area contributed by atoms with Gasteiger partial charge in [0.1, 0.15) is 5.82 Å². The number of primary amides is 1. The van der Waals surface area contributed by atoms with Gasteiger partial charge < -0.3 is 11.1 Å². The summed E-state index contributed by atoms with van der Waals surface area (Å²) < 4.78 is 26.4. The van der Waals surface area contributed by atoms with Gasteiger partial charge in [-0.2, -0.15) is 4.39 Å². The van der Waals surface area contributed by atoms with Crippen molar-refractivity contribution < 1.29 is 18.5 Å². The van der Waals surface area contributed by atoms with Crippen LogP contribution in [-0.4, -0.2) is 16.9 Å². The number of benzene rings is 1. The molecule has 0 aromatic heterocycles. The summed E-state index contributed by atoms with van der Waals surface area (Å²) in [5.41, 5.74) is 4.04. The van der Waals surface area contributed by atoms with Crippen molar-refractivity contribution in [3.63, 3.8) is 0 Å². The monoisotopic (exact) mass is 259 g/mol. The summed E-state index contributed by atoms with van der Waals surface area (Å²) in [5, 5.41) is 13.0. The lowest BCUT2D eigenvalue weighted by Crippen LogP contribution is -2.38. The molecule has 0 bridgehead atoms. The first-order valence-corrected chi connectivity index (χ1v) is 4.98. The molecule has 0 aliphatic heterocycles. The van der Waals surface area contributed by atoms with E-state index < -0.39 is 34.2 Å². The Bertz CT molecular complexity index is 494. The first kappa shape index (κ1) is 14.0. The van der Waals surface area contributed by atoms with E-state index in [0.29, 0.717) is 6.07 Å². The molecule has 8 heteroatoms. The second-order valence-electron chi connectivity index (χ2n) is 3.66. The molecule has 1 rings (SSSR count). The number of nitrogens with zero attached hydrogens (tertiary/aromatic N) is 1. The van der Waals surface area contributed by atoms with Gasteiger partial charge in [0.2, 0.25) is 11.7 Å². The summed E-state index contributed by atoms with van der Waals surface area (Å²) in [7, 11) is 0. The predicted molar refractivity (Wildman–Crippen MR) is 58.5 cm³/mol. The van der Waals surface area contributed by atoms with Crippen molar-refractivity contribution in [3.8, 4) is 0 Å². The number of amides is 1. The lowest BCUT2D eigenvalue weighted by Gasteiger charge is -2.10. The molecule has 3 N–H and O–H groups in total. The number of nitro groups is 1. The Balaban J connectivity index is 2.92. The zero-order valence-electron chi connectivity index (χ0n) is 9.44. The van der Waals surface area contributed by atoms with Crippen molar-refractivity contribution in [2.45, 2.75) is 19.5 Å². The van der Waals surface area contributed by atoms with Crippen LogP contribution in [0.3, 0.4) is 0 Å². The average Bonchev–Trinajstić information content (AvgIpc) is 2.26. The van der Waals surface area contributed by atoms with Gasteiger partial charge >= 0.3 is 5.69 Å². The van der Waals surface area contributed by atoms with E-state index in [2.05, 4.69) is 5.32 Å². The Morgan fingerprint density at radius 1 is 1.50 bits per heavy atom. The molecule has 0 saturated carbocycles. The Hall–Kier alpha value is -2.09. The van der Waals surface area contributed by atoms with Crippen LogP contribution in [0.1, 0.15) is 12.5 Å². The van der Waals surface area contributed by atoms with Crippen molar-refractivity contribution in [1.29, 1.82) is 0 Å². The lowest BCUT2D eigenvalue weighted by molar-refractivity contribution is -0.387. The van der Waals surface area contributed by atoms with Gasteiger partial charge in [0.25, 0.3) is 0 Å². The summed E-state index contributed by atoms with van der Waals surface area (Å²) in [4.78, 5) is 20.3.